The largest absolute Gasteiger partial charge is 0.380 e. The lowest BCUT2D eigenvalue weighted by molar-refractivity contribution is -0.142. The molecule has 0 bridgehead atoms. The zero-order chi connectivity index (χ0) is 11.0. The number of hydrogen-bond donors (Lipinski definition) is 2. The van der Waals surface area contributed by atoms with Gasteiger partial charge in [0.15, 0.2) is 0 Å². The molecule has 0 aromatic carbocycles. The molecule has 1 rings (SSSR count). The Balaban J connectivity index is 2.59. The summed E-state index contributed by atoms with van der Waals surface area (Å²) in [6.07, 6.45) is 0.888. The summed E-state index contributed by atoms with van der Waals surface area (Å²) in [5.41, 5.74) is 3.97. The minimum Gasteiger partial charge on any atom is -0.380 e. The number of piperidine rings is 1. The van der Waals surface area contributed by atoms with Gasteiger partial charge in [-0.05, 0) is 33.6 Å². The van der Waals surface area contributed by atoms with Gasteiger partial charge in [-0.2, -0.15) is 0 Å². The van der Waals surface area contributed by atoms with Gasteiger partial charge < -0.3 is 10.8 Å². The minimum atomic E-state index is -1.28. The summed E-state index contributed by atoms with van der Waals surface area (Å²) in [5.74, 6) is -0.592. The first-order chi connectivity index (χ1) is 6.26. The molecule has 0 spiro atoms. The molecule has 3 N–H and O–H groups in total. The molecule has 4 nitrogen and oxygen atoms in total. The fraction of sp³-hybridized carbons (Fsp3) is 0.900. The van der Waals surface area contributed by atoms with Crippen molar-refractivity contribution in [1.82, 2.24) is 4.90 Å². The highest BCUT2D eigenvalue weighted by molar-refractivity contribution is 5.83. The van der Waals surface area contributed by atoms with Gasteiger partial charge in [0.05, 0.1) is 0 Å². The number of rotatable bonds is 1. The number of hydrogen-bond acceptors (Lipinski definition) is 3. The summed E-state index contributed by atoms with van der Waals surface area (Å²) < 4.78 is 0. The molecule has 1 fully saturated rings. The molecule has 0 saturated carbocycles. The van der Waals surface area contributed by atoms with Crippen molar-refractivity contribution in [2.45, 2.75) is 44.8 Å². The van der Waals surface area contributed by atoms with Gasteiger partial charge in [-0.1, -0.05) is 0 Å². The highest BCUT2D eigenvalue weighted by Gasteiger charge is 2.39. The molecule has 1 aliphatic rings. The number of carbonyl (C=O) groups excluding carboxylic acids is 1. The zero-order valence-corrected chi connectivity index (χ0v) is 9.21. The van der Waals surface area contributed by atoms with Crippen molar-refractivity contribution in [2.24, 2.45) is 5.73 Å². The van der Waals surface area contributed by atoms with Crippen LogP contribution < -0.4 is 5.73 Å². The Morgan fingerprint density at radius 2 is 1.79 bits per heavy atom. The Morgan fingerprint density at radius 3 is 2.07 bits per heavy atom. The lowest BCUT2D eigenvalue weighted by Gasteiger charge is -2.43. The second kappa shape index (κ2) is 3.51. The van der Waals surface area contributed by atoms with Gasteiger partial charge in [0.2, 0.25) is 5.91 Å². The third-order valence-corrected chi connectivity index (χ3v) is 3.00. The molecule has 1 aliphatic heterocycles. The highest BCUT2D eigenvalue weighted by Crippen LogP contribution is 2.26. The molecular formula is C10H20N2O2. The fourth-order valence-electron chi connectivity index (χ4n) is 1.79. The average Bonchev–Trinajstić information content (AvgIpc) is 2.03. The van der Waals surface area contributed by atoms with Crippen LogP contribution in [0.15, 0.2) is 0 Å². The maximum atomic E-state index is 11.0. The van der Waals surface area contributed by atoms with Gasteiger partial charge in [0, 0.05) is 18.6 Å². The van der Waals surface area contributed by atoms with Crippen LogP contribution in [-0.4, -0.2) is 40.1 Å². The molecule has 0 aliphatic carbocycles. The van der Waals surface area contributed by atoms with Crippen LogP contribution in [0, 0.1) is 0 Å². The molecule has 0 aromatic heterocycles. The third-order valence-electron chi connectivity index (χ3n) is 3.00. The lowest BCUT2D eigenvalue weighted by Crippen LogP contribution is -2.56. The monoisotopic (exact) mass is 200 g/mol. The van der Waals surface area contributed by atoms with Crippen LogP contribution in [0.1, 0.15) is 33.6 Å². The Labute approximate surface area is 85.1 Å². The van der Waals surface area contributed by atoms with E-state index < -0.39 is 11.5 Å². The standard InChI is InChI=1S/C10H20N2O2/c1-9(2,3)12-6-4-10(14,5-7-12)8(11)13/h14H,4-7H2,1-3H3,(H2,11,13). The summed E-state index contributed by atoms with van der Waals surface area (Å²) in [6.45, 7) is 7.83. The summed E-state index contributed by atoms with van der Waals surface area (Å²) >= 11 is 0. The van der Waals surface area contributed by atoms with Crippen LogP contribution in [0.3, 0.4) is 0 Å². The molecule has 0 unspecified atom stereocenters. The van der Waals surface area contributed by atoms with Crippen LogP contribution in [0.5, 0.6) is 0 Å². The number of aliphatic hydroxyl groups is 1. The minimum absolute atomic E-state index is 0.0962. The van der Waals surface area contributed by atoms with E-state index in [1.807, 2.05) is 0 Å². The number of carbonyl (C=O) groups is 1. The number of amides is 1. The number of primary amides is 1. The molecule has 82 valence electrons. The molecule has 0 radical (unpaired) electrons. The third kappa shape index (κ3) is 2.25. The number of nitrogens with zero attached hydrogens (tertiary/aromatic N) is 1. The van der Waals surface area contributed by atoms with Crippen molar-refractivity contribution in [3.63, 3.8) is 0 Å². The second-order valence-corrected chi connectivity index (χ2v) is 5.05. The number of nitrogens with two attached hydrogens (primary N) is 1. The zero-order valence-electron chi connectivity index (χ0n) is 9.21. The maximum Gasteiger partial charge on any atom is 0.249 e. The van der Waals surface area contributed by atoms with Gasteiger partial charge in [-0.3, -0.25) is 9.69 Å². The maximum absolute atomic E-state index is 11.0. The summed E-state index contributed by atoms with van der Waals surface area (Å²) in [4.78, 5) is 13.2. The van der Waals surface area contributed by atoms with E-state index in [0.717, 1.165) is 13.1 Å². The van der Waals surface area contributed by atoms with E-state index in [4.69, 9.17) is 5.73 Å². The topological polar surface area (TPSA) is 66.6 Å². The van der Waals surface area contributed by atoms with Crippen molar-refractivity contribution in [1.29, 1.82) is 0 Å². The van der Waals surface area contributed by atoms with Gasteiger partial charge in [0.25, 0.3) is 0 Å². The van der Waals surface area contributed by atoms with Crippen LogP contribution in [-0.2, 0) is 4.79 Å². The fourth-order valence-corrected chi connectivity index (χ4v) is 1.79. The predicted molar refractivity (Wildman–Crippen MR) is 54.7 cm³/mol. The normalized spacial score (nSPS) is 23.4. The average molecular weight is 200 g/mol. The predicted octanol–water partition coefficient (Wildman–Crippen LogP) is 0.0971. The van der Waals surface area contributed by atoms with E-state index in [0.29, 0.717) is 12.8 Å². The first-order valence-corrected chi connectivity index (χ1v) is 5.03. The Hall–Kier alpha value is -0.610. The summed E-state index contributed by atoms with van der Waals surface area (Å²) in [7, 11) is 0. The highest BCUT2D eigenvalue weighted by atomic mass is 16.3. The van der Waals surface area contributed by atoms with Gasteiger partial charge >= 0.3 is 0 Å². The Kier molecular flexibility index (Phi) is 2.88. The number of likely N-dealkylation sites (tertiary alicyclic amines) is 1. The second-order valence-electron chi connectivity index (χ2n) is 5.05. The quantitative estimate of drug-likeness (QED) is 0.630. The summed E-state index contributed by atoms with van der Waals surface area (Å²) in [5, 5.41) is 9.83. The summed E-state index contributed by atoms with van der Waals surface area (Å²) in [6, 6.07) is 0. The molecule has 1 amide bonds. The van der Waals surface area contributed by atoms with Crippen LogP contribution in [0.25, 0.3) is 0 Å². The Morgan fingerprint density at radius 1 is 1.36 bits per heavy atom. The SMILES string of the molecule is CC(C)(C)N1CCC(O)(C(N)=O)CC1. The molecule has 0 aromatic rings. The van der Waals surface area contributed by atoms with Crippen molar-refractivity contribution in [2.75, 3.05) is 13.1 Å². The van der Waals surface area contributed by atoms with E-state index in [9.17, 15) is 9.90 Å². The van der Waals surface area contributed by atoms with E-state index in [-0.39, 0.29) is 5.54 Å². The van der Waals surface area contributed by atoms with E-state index in [2.05, 4.69) is 25.7 Å². The molecular weight excluding hydrogens is 180 g/mol. The van der Waals surface area contributed by atoms with Crippen molar-refractivity contribution in [3.8, 4) is 0 Å². The Bertz CT molecular complexity index is 225. The van der Waals surface area contributed by atoms with Gasteiger partial charge in [0.1, 0.15) is 5.60 Å². The van der Waals surface area contributed by atoms with Crippen molar-refractivity contribution >= 4 is 5.91 Å². The molecule has 14 heavy (non-hydrogen) atoms. The molecule has 1 heterocycles. The van der Waals surface area contributed by atoms with Crippen LogP contribution in [0.2, 0.25) is 0 Å². The van der Waals surface area contributed by atoms with E-state index in [1.165, 1.54) is 0 Å². The van der Waals surface area contributed by atoms with E-state index in [1.54, 1.807) is 0 Å². The first kappa shape index (κ1) is 11.5. The molecule has 4 heteroatoms. The van der Waals surface area contributed by atoms with E-state index >= 15 is 0 Å². The van der Waals surface area contributed by atoms with Gasteiger partial charge in [-0.25, -0.2) is 0 Å². The molecule has 1 saturated heterocycles. The smallest absolute Gasteiger partial charge is 0.249 e. The van der Waals surface area contributed by atoms with Crippen LogP contribution >= 0.6 is 0 Å². The molecule has 0 atom stereocenters. The lowest BCUT2D eigenvalue weighted by atomic mass is 9.88. The van der Waals surface area contributed by atoms with Gasteiger partial charge in [-0.15, -0.1) is 0 Å². The van der Waals surface area contributed by atoms with Crippen LogP contribution in [0.4, 0.5) is 0 Å². The first-order valence-electron chi connectivity index (χ1n) is 5.03. The van der Waals surface area contributed by atoms with Crippen molar-refractivity contribution in [3.05, 3.63) is 0 Å². The van der Waals surface area contributed by atoms with Crippen molar-refractivity contribution < 1.29 is 9.90 Å².